The van der Waals surface area contributed by atoms with Crippen molar-refractivity contribution in [2.45, 2.75) is 76.4 Å². The number of ether oxygens (including phenoxy) is 2. The molecule has 2 rings (SSSR count). The first-order valence-corrected chi connectivity index (χ1v) is 7.87. The molecule has 0 amide bonds. The summed E-state index contributed by atoms with van der Waals surface area (Å²) in [5.74, 6) is 1.97. The quantitative estimate of drug-likeness (QED) is 0.733. The molecule has 0 saturated heterocycles. The van der Waals surface area contributed by atoms with Crippen molar-refractivity contribution in [3.05, 3.63) is 0 Å². The molecular formula is C16H30O2. The first-order chi connectivity index (χ1) is 8.81. The molecule has 0 aromatic carbocycles. The minimum Gasteiger partial charge on any atom is -0.381 e. The summed E-state index contributed by atoms with van der Waals surface area (Å²) >= 11 is 0. The molecule has 0 spiro atoms. The van der Waals surface area contributed by atoms with E-state index in [0.29, 0.717) is 12.2 Å². The Morgan fingerprint density at radius 3 is 1.22 bits per heavy atom. The van der Waals surface area contributed by atoms with Crippen LogP contribution in [0.5, 0.6) is 0 Å². The molecule has 18 heavy (non-hydrogen) atoms. The second-order valence-electron chi connectivity index (χ2n) is 6.33. The molecule has 0 radical (unpaired) electrons. The highest BCUT2D eigenvalue weighted by Crippen LogP contribution is 2.34. The lowest BCUT2D eigenvalue weighted by Gasteiger charge is -2.31. The van der Waals surface area contributed by atoms with E-state index < -0.39 is 0 Å². The van der Waals surface area contributed by atoms with Gasteiger partial charge in [-0.25, -0.2) is 0 Å². The summed E-state index contributed by atoms with van der Waals surface area (Å²) in [4.78, 5) is 0. The van der Waals surface area contributed by atoms with Crippen molar-refractivity contribution in [1.29, 1.82) is 0 Å². The lowest BCUT2D eigenvalue weighted by molar-refractivity contribution is 0.0466. The highest BCUT2D eigenvalue weighted by molar-refractivity contribution is 4.76. The molecule has 0 bridgehead atoms. The molecule has 2 heteroatoms. The predicted octanol–water partition coefficient (Wildman–Crippen LogP) is 4.18. The second-order valence-corrected chi connectivity index (χ2v) is 6.33. The topological polar surface area (TPSA) is 18.5 Å². The molecule has 0 aromatic rings. The molecule has 106 valence electrons. The van der Waals surface area contributed by atoms with Crippen LogP contribution in [0.3, 0.4) is 0 Å². The van der Waals surface area contributed by atoms with E-state index in [9.17, 15) is 0 Å². The smallest absolute Gasteiger partial charge is 0.0571 e. The van der Waals surface area contributed by atoms with Gasteiger partial charge < -0.3 is 9.47 Å². The van der Waals surface area contributed by atoms with Gasteiger partial charge in [0.15, 0.2) is 0 Å². The Balaban J connectivity index is 1.58. The molecule has 0 atom stereocenters. The maximum absolute atomic E-state index is 5.44. The van der Waals surface area contributed by atoms with E-state index in [2.05, 4.69) is 0 Å². The highest BCUT2D eigenvalue weighted by atomic mass is 16.5. The Morgan fingerprint density at radius 2 is 0.944 bits per heavy atom. The summed E-state index contributed by atoms with van der Waals surface area (Å²) in [5, 5.41) is 0. The largest absolute Gasteiger partial charge is 0.381 e. The minimum absolute atomic E-state index is 0.554. The van der Waals surface area contributed by atoms with E-state index in [1.165, 1.54) is 64.2 Å². The third-order valence-corrected chi connectivity index (χ3v) is 5.24. The van der Waals surface area contributed by atoms with E-state index in [0.717, 1.165) is 11.8 Å². The van der Waals surface area contributed by atoms with Crippen molar-refractivity contribution >= 4 is 0 Å². The molecule has 2 nitrogen and oxygen atoms in total. The zero-order chi connectivity index (χ0) is 12.8. The molecular weight excluding hydrogens is 224 g/mol. The number of rotatable bonds is 5. The Labute approximate surface area is 112 Å². The summed E-state index contributed by atoms with van der Waals surface area (Å²) in [6.45, 7) is 0. The van der Waals surface area contributed by atoms with Gasteiger partial charge in [0.25, 0.3) is 0 Å². The molecule has 2 aliphatic rings. The van der Waals surface area contributed by atoms with Gasteiger partial charge >= 0.3 is 0 Å². The SMILES string of the molecule is COC1CCC(CCC2CCC(OC)CC2)CC1. The fourth-order valence-corrected chi connectivity index (χ4v) is 3.78. The maximum atomic E-state index is 5.44. The zero-order valence-corrected chi connectivity index (χ0v) is 12.2. The molecule has 0 unspecified atom stereocenters. The standard InChI is InChI=1S/C16H30O2/c1-17-15-9-5-13(6-10-15)3-4-14-7-11-16(18-2)12-8-14/h13-16H,3-12H2,1-2H3. The van der Waals surface area contributed by atoms with Crippen LogP contribution in [0.2, 0.25) is 0 Å². The Morgan fingerprint density at radius 1 is 0.611 bits per heavy atom. The summed E-state index contributed by atoms with van der Waals surface area (Å²) in [6.07, 6.45) is 14.8. The van der Waals surface area contributed by atoms with E-state index in [-0.39, 0.29) is 0 Å². The highest BCUT2D eigenvalue weighted by Gasteiger charge is 2.24. The monoisotopic (exact) mass is 254 g/mol. The molecule has 2 aliphatic carbocycles. The van der Waals surface area contributed by atoms with Gasteiger partial charge in [0.2, 0.25) is 0 Å². The number of methoxy groups -OCH3 is 2. The van der Waals surface area contributed by atoms with Crippen molar-refractivity contribution in [2.24, 2.45) is 11.8 Å². The fourth-order valence-electron chi connectivity index (χ4n) is 3.78. The van der Waals surface area contributed by atoms with Crippen LogP contribution in [0.1, 0.15) is 64.2 Å². The van der Waals surface area contributed by atoms with Crippen molar-refractivity contribution in [3.63, 3.8) is 0 Å². The summed E-state index contributed by atoms with van der Waals surface area (Å²) in [5.41, 5.74) is 0. The Bertz CT molecular complexity index is 189. The van der Waals surface area contributed by atoms with Gasteiger partial charge in [0, 0.05) is 14.2 Å². The van der Waals surface area contributed by atoms with Crippen LogP contribution < -0.4 is 0 Å². The second kappa shape index (κ2) is 7.49. The summed E-state index contributed by atoms with van der Waals surface area (Å²) in [6, 6.07) is 0. The predicted molar refractivity (Wildman–Crippen MR) is 74.7 cm³/mol. The van der Waals surface area contributed by atoms with Crippen molar-refractivity contribution in [1.82, 2.24) is 0 Å². The van der Waals surface area contributed by atoms with Crippen LogP contribution in [0.15, 0.2) is 0 Å². The molecule has 0 aliphatic heterocycles. The van der Waals surface area contributed by atoms with Gasteiger partial charge in [0.05, 0.1) is 12.2 Å². The average Bonchev–Trinajstić information content (AvgIpc) is 2.46. The van der Waals surface area contributed by atoms with Crippen molar-refractivity contribution < 1.29 is 9.47 Å². The normalized spacial score (nSPS) is 37.7. The first-order valence-electron chi connectivity index (χ1n) is 7.87. The molecule has 0 N–H and O–H groups in total. The van der Waals surface area contributed by atoms with Gasteiger partial charge in [-0.2, -0.15) is 0 Å². The summed E-state index contributed by atoms with van der Waals surface area (Å²) < 4.78 is 10.9. The van der Waals surface area contributed by atoms with Crippen LogP contribution in [0, 0.1) is 11.8 Å². The molecule has 0 heterocycles. The van der Waals surface area contributed by atoms with Crippen LogP contribution in [0.25, 0.3) is 0 Å². The van der Waals surface area contributed by atoms with Gasteiger partial charge in [-0.3, -0.25) is 0 Å². The van der Waals surface area contributed by atoms with Crippen LogP contribution >= 0.6 is 0 Å². The van der Waals surface area contributed by atoms with Crippen LogP contribution in [-0.4, -0.2) is 26.4 Å². The fraction of sp³-hybridized carbons (Fsp3) is 1.00. The lowest BCUT2D eigenvalue weighted by atomic mass is 9.79. The van der Waals surface area contributed by atoms with Crippen LogP contribution in [0.4, 0.5) is 0 Å². The molecule has 0 aromatic heterocycles. The van der Waals surface area contributed by atoms with Crippen molar-refractivity contribution in [3.8, 4) is 0 Å². The van der Waals surface area contributed by atoms with Gasteiger partial charge in [-0.05, 0) is 63.2 Å². The first kappa shape index (κ1) is 14.3. The van der Waals surface area contributed by atoms with Gasteiger partial charge in [0.1, 0.15) is 0 Å². The average molecular weight is 254 g/mol. The number of hydrogen-bond acceptors (Lipinski definition) is 2. The lowest BCUT2D eigenvalue weighted by Crippen LogP contribution is -2.23. The van der Waals surface area contributed by atoms with E-state index in [1.807, 2.05) is 14.2 Å². The van der Waals surface area contributed by atoms with E-state index in [4.69, 9.17) is 9.47 Å². The van der Waals surface area contributed by atoms with Gasteiger partial charge in [-0.1, -0.05) is 12.8 Å². The third-order valence-electron chi connectivity index (χ3n) is 5.24. The minimum atomic E-state index is 0.554. The zero-order valence-electron chi connectivity index (χ0n) is 12.2. The third kappa shape index (κ3) is 4.24. The van der Waals surface area contributed by atoms with Crippen LogP contribution in [-0.2, 0) is 9.47 Å². The van der Waals surface area contributed by atoms with Gasteiger partial charge in [-0.15, -0.1) is 0 Å². The Hall–Kier alpha value is -0.0800. The van der Waals surface area contributed by atoms with Crippen molar-refractivity contribution in [2.75, 3.05) is 14.2 Å². The maximum Gasteiger partial charge on any atom is 0.0571 e. The van der Waals surface area contributed by atoms with E-state index >= 15 is 0 Å². The molecule has 2 fully saturated rings. The van der Waals surface area contributed by atoms with E-state index in [1.54, 1.807) is 0 Å². The number of hydrogen-bond donors (Lipinski definition) is 0. The molecule has 2 saturated carbocycles. The summed E-state index contributed by atoms with van der Waals surface area (Å²) in [7, 11) is 3.72. The Kier molecular flexibility index (Phi) is 5.97.